The summed E-state index contributed by atoms with van der Waals surface area (Å²) in [4.78, 5) is 25.7. The molecular formula is C25H13NO2. The van der Waals surface area contributed by atoms with Crippen LogP contribution < -0.4 is 0 Å². The lowest BCUT2D eigenvalue weighted by atomic mass is 9.90. The van der Waals surface area contributed by atoms with Crippen molar-refractivity contribution in [2.45, 2.75) is 0 Å². The quantitative estimate of drug-likeness (QED) is 0.284. The van der Waals surface area contributed by atoms with Crippen LogP contribution in [0.3, 0.4) is 0 Å². The van der Waals surface area contributed by atoms with E-state index >= 15 is 0 Å². The van der Waals surface area contributed by atoms with E-state index < -0.39 is 11.6 Å². The van der Waals surface area contributed by atoms with Gasteiger partial charge in [-0.2, -0.15) is 5.26 Å². The lowest BCUT2D eigenvalue weighted by molar-refractivity contribution is 0.0988. The average Bonchev–Trinajstić information content (AvgIpc) is 3.00. The summed E-state index contributed by atoms with van der Waals surface area (Å²) in [7, 11) is 0. The van der Waals surface area contributed by atoms with Gasteiger partial charge in [-0.1, -0.05) is 66.6 Å². The Kier molecular flexibility index (Phi) is 4.20. The highest BCUT2D eigenvalue weighted by atomic mass is 16.2. The van der Waals surface area contributed by atoms with E-state index in [9.17, 15) is 14.9 Å². The van der Waals surface area contributed by atoms with Crippen molar-refractivity contribution < 1.29 is 9.59 Å². The molecule has 0 fully saturated rings. The van der Waals surface area contributed by atoms with Gasteiger partial charge in [0.25, 0.3) is 0 Å². The molecule has 3 aromatic carbocycles. The van der Waals surface area contributed by atoms with Crippen LogP contribution in [-0.4, -0.2) is 11.6 Å². The molecule has 3 heteroatoms. The van der Waals surface area contributed by atoms with Gasteiger partial charge in [-0.05, 0) is 34.4 Å². The molecule has 0 aromatic heterocycles. The second kappa shape index (κ2) is 6.83. The first-order chi connectivity index (χ1) is 13.7. The van der Waals surface area contributed by atoms with Gasteiger partial charge in [0.2, 0.25) is 0 Å². The topological polar surface area (TPSA) is 57.9 Å². The van der Waals surface area contributed by atoms with Crippen LogP contribution in [0.2, 0.25) is 0 Å². The number of benzene rings is 3. The van der Waals surface area contributed by atoms with Crippen molar-refractivity contribution >= 4 is 11.6 Å². The molecule has 0 aliphatic heterocycles. The Morgan fingerprint density at radius 1 is 0.714 bits per heavy atom. The Bertz CT molecular complexity index is 1140. The number of allylic oxidation sites excluding steroid dienone is 2. The van der Waals surface area contributed by atoms with E-state index in [2.05, 4.69) is 5.92 Å². The highest BCUT2D eigenvalue weighted by Gasteiger charge is 2.36. The van der Waals surface area contributed by atoms with E-state index in [4.69, 9.17) is 6.42 Å². The molecule has 1 aliphatic rings. The molecule has 0 unspecified atom stereocenters. The number of fused-ring (bicyclic) bond motifs is 1. The molecule has 0 bridgehead atoms. The summed E-state index contributed by atoms with van der Waals surface area (Å²) in [5.41, 5.74) is 3.65. The maximum absolute atomic E-state index is 12.9. The largest absolute Gasteiger partial charge is 0.288 e. The summed E-state index contributed by atoms with van der Waals surface area (Å²) in [5.74, 6) is 1.17. The third kappa shape index (κ3) is 2.63. The SMILES string of the molecule is C#CC(C#N)=C1C(=O)c2cc(-c3ccccc3)c(-c3ccccc3)cc2C1=O. The average molecular weight is 359 g/mol. The van der Waals surface area contributed by atoms with Crippen molar-refractivity contribution in [3.05, 3.63) is 95.1 Å². The number of carbonyl (C=O) groups excluding carboxylic acids is 2. The van der Waals surface area contributed by atoms with Crippen LogP contribution in [0.4, 0.5) is 0 Å². The molecule has 0 radical (unpaired) electrons. The summed E-state index contributed by atoms with van der Waals surface area (Å²) in [6.45, 7) is 0. The van der Waals surface area contributed by atoms with Crippen LogP contribution in [0.5, 0.6) is 0 Å². The molecule has 1 aliphatic carbocycles. The number of ketones is 2. The first-order valence-corrected chi connectivity index (χ1v) is 8.65. The van der Waals surface area contributed by atoms with Crippen LogP contribution in [-0.2, 0) is 0 Å². The van der Waals surface area contributed by atoms with Gasteiger partial charge < -0.3 is 0 Å². The van der Waals surface area contributed by atoms with Gasteiger partial charge in [-0.3, -0.25) is 9.59 Å². The molecule has 0 heterocycles. The van der Waals surface area contributed by atoms with Gasteiger partial charge in [-0.25, -0.2) is 0 Å². The smallest absolute Gasteiger partial charge is 0.199 e. The van der Waals surface area contributed by atoms with E-state index in [-0.39, 0.29) is 22.3 Å². The van der Waals surface area contributed by atoms with E-state index in [1.807, 2.05) is 60.7 Å². The zero-order valence-electron chi connectivity index (χ0n) is 14.8. The Morgan fingerprint density at radius 3 is 1.50 bits per heavy atom. The molecule has 3 aromatic rings. The monoisotopic (exact) mass is 359 g/mol. The third-order valence-corrected chi connectivity index (χ3v) is 4.78. The van der Waals surface area contributed by atoms with E-state index in [0.717, 1.165) is 22.3 Å². The second-order valence-electron chi connectivity index (χ2n) is 6.34. The number of terminal acetylenes is 1. The van der Waals surface area contributed by atoms with Gasteiger partial charge >= 0.3 is 0 Å². The molecule has 28 heavy (non-hydrogen) atoms. The fraction of sp³-hybridized carbons (Fsp3) is 0. The Balaban J connectivity index is 2.03. The highest BCUT2D eigenvalue weighted by molar-refractivity contribution is 6.40. The van der Waals surface area contributed by atoms with Crippen molar-refractivity contribution in [3.63, 3.8) is 0 Å². The van der Waals surface area contributed by atoms with Crippen molar-refractivity contribution in [2.24, 2.45) is 0 Å². The molecule has 4 rings (SSSR count). The van der Waals surface area contributed by atoms with Gasteiger partial charge in [0, 0.05) is 11.1 Å². The van der Waals surface area contributed by atoms with Crippen molar-refractivity contribution in [1.82, 2.24) is 0 Å². The van der Waals surface area contributed by atoms with Gasteiger partial charge in [0.1, 0.15) is 11.6 Å². The molecule has 0 amide bonds. The minimum atomic E-state index is -0.494. The minimum absolute atomic E-state index is 0.218. The van der Waals surface area contributed by atoms with E-state index in [1.165, 1.54) is 0 Å². The van der Waals surface area contributed by atoms with Crippen LogP contribution in [0, 0.1) is 23.7 Å². The molecule has 3 nitrogen and oxygen atoms in total. The van der Waals surface area contributed by atoms with Crippen LogP contribution in [0.1, 0.15) is 20.7 Å². The summed E-state index contributed by atoms with van der Waals surface area (Å²) in [6.07, 6.45) is 5.33. The van der Waals surface area contributed by atoms with Crippen molar-refractivity contribution in [3.8, 4) is 40.7 Å². The zero-order valence-corrected chi connectivity index (χ0v) is 14.8. The standard InChI is InChI=1S/C25H13NO2/c1-2-16(15-26)23-24(27)21-13-19(17-9-5-3-6-10-17)20(14-22(21)25(23)28)18-11-7-4-8-12-18/h1,3-14H. The molecule has 130 valence electrons. The summed E-state index contributed by atoms with van der Waals surface area (Å²) >= 11 is 0. The number of rotatable bonds is 2. The maximum atomic E-state index is 12.9. The van der Waals surface area contributed by atoms with E-state index in [0.29, 0.717) is 0 Å². The summed E-state index contributed by atoms with van der Waals surface area (Å²) in [6, 6.07) is 24.6. The lowest BCUT2D eigenvalue weighted by Crippen LogP contribution is -2.03. The third-order valence-electron chi connectivity index (χ3n) is 4.78. The first kappa shape index (κ1) is 17.2. The number of carbonyl (C=O) groups is 2. The van der Waals surface area contributed by atoms with Crippen molar-refractivity contribution in [2.75, 3.05) is 0 Å². The first-order valence-electron chi connectivity index (χ1n) is 8.65. The van der Waals surface area contributed by atoms with Gasteiger partial charge in [0.05, 0.1) is 5.57 Å². The fourth-order valence-electron chi connectivity index (χ4n) is 3.45. The normalized spacial score (nSPS) is 12.3. The van der Waals surface area contributed by atoms with Crippen LogP contribution >= 0.6 is 0 Å². The Hall–Kier alpha value is -4.21. The summed E-state index contributed by atoms with van der Waals surface area (Å²) in [5, 5.41) is 9.21. The zero-order chi connectivity index (χ0) is 19.7. The predicted octanol–water partition coefficient (Wildman–Crippen LogP) is 4.85. The molecule has 0 spiro atoms. The minimum Gasteiger partial charge on any atom is -0.288 e. The van der Waals surface area contributed by atoms with Gasteiger partial charge in [-0.15, -0.1) is 6.42 Å². The molecule has 0 saturated heterocycles. The van der Waals surface area contributed by atoms with Gasteiger partial charge in [0.15, 0.2) is 11.6 Å². The maximum Gasteiger partial charge on any atom is 0.199 e. The van der Waals surface area contributed by atoms with Crippen LogP contribution in [0.15, 0.2) is 83.9 Å². The second-order valence-corrected chi connectivity index (χ2v) is 6.34. The van der Waals surface area contributed by atoms with Crippen LogP contribution in [0.25, 0.3) is 22.3 Å². The number of Topliss-reactive ketones (excluding diaryl/α,β-unsaturated/α-hetero) is 2. The predicted molar refractivity (Wildman–Crippen MR) is 107 cm³/mol. The van der Waals surface area contributed by atoms with Crippen molar-refractivity contribution in [1.29, 1.82) is 5.26 Å². The molecular weight excluding hydrogens is 346 g/mol. The number of nitrogens with zero attached hydrogens (tertiary/aromatic N) is 1. The highest BCUT2D eigenvalue weighted by Crippen LogP contribution is 2.39. The molecule has 0 atom stereocenters. The lowest BCUT2D eigenvalue weighted by Gasteiger charge is -2.12. The number of hydrogen-bond acceptors (Lipinski definition) is 3. The van der Waals surface area contributed by atoms with E-state index in [1.54, 1.807) is 18.2 Å². The molecule has 0 N–H and O–H groups in total. The fourth-order valence-corrected chi connectivity index (χ4v) is 3.45. The Morgan fingerprint density at radius 2 is 1.14 bits per heavy atom. The number of hydrogen-bond donors (Lipinski definition) is 0. The number of nitriles is 1. The molecule has 0 saturated carbocycles. The Labute approximate surface area is 162 Å². The summed E-state index contributed by atoms with van der Waals surface area (Å²) < 4.78 is 0.